The van der Waals surface area contributed by atoms with Gasteiger partial charge in [0.05, 0.1) is 0 Å². The van der Waals surface area contributed by atoms with Gasteiger partial charge in [-0.15, -0.1) is 0 Å². The summed E-state index contributed by atoms with van der Waals surface area (Å²) >= 11 is 5.82. The van der Waals surface area contributed by atoms with E-state index >= 15 is 0 Å². The highest BCUT2D eigenvalue weighted by atomic mass is 35.5. The van der Waals surface area contributed by atoms with Crippen LogP contribution in [0.15, 0.2) is 24.3 Å². The van der Waals surface area contributed by atoms with Gasteiger partial charge in [0.2, 0.25) is 5.91 Å². The first-order valence-electron chi connectivity index (χ1n) is 5.26. The van der Waals surface area contributed by atoms with Crippen molar-refractivity contribution in [3.8, 4) is 0 Å². The molecular formula is C12H14ClNO. The summed E-state index contributed by atoms with van der Waals surface area (Å²) in [5.41, 5.74) is 0.955. The summed E-state index contributed by atoms with van der Waals surface area (Å²) in [4.78, 5) is 13.7. The lowest BCUT2D eigenvalue weighted by Crippen LogP contribution is -2.41. The summed E-state index contributed by atoms with van der Waals surface area (Å²) in [6.45, 7) is 2.09. The van der Waals surface area contributed by atoms with Gasteiger partial charge >= 0.3 is 0 Å². The summed E-state index contributed by atoms with van der Waals surface area (Å²) < 4.78 is 0. The van der Waals surface area contributed by atoms with Crippen LogP contribution in [0.3, 0.4) is 0 Å². The van der Waals surface area contributed by atoms with Crippen LogP contribution in [-0.4, -0.2) is 11.9 Å². The molecule has 0 unspecified atom stereocenters. The van der Waals surface area contributed by atoms with Gasteiger partial charge in [-0.25, -0.2) is 0 Å². The summed E-state index contributed by atoms with van der Waals surface area (Å²) in [5, 5.41) is 0.705. The highest BCUT2D eigenvalue weighted by Crippen LogP contribution is 2.26. The molecule has 1 aromatic rings. The van der Waals surface area contributed by atoms with E-state index in [1.807, 2.05) is 29.2 Å². The van der Waals surface area contributed by atoms with Crippen LogP contribution < -0.4 is 4.90 Å². The van der Waals surface area contributed by atoms with E-state index in [4.69, 9.17) is 11.6 Å². The van der Waals surface area contributed by atoms with Gasteiger partial charge in [-0.2, -0.15) is 0 Å². The van der Waals surface area contributed by atoms with Crippen LogP contribution in [0.1, 0.15) is 26.2 Å². The summed E-state index contributed by atoms with van der Waals surface area (Å²) in [6, 6.07) is 7.76. The fourth-order valence-electron chi connectivity index (χ4n) is 2.04. The lowest BCUT2D eigenvalue weighted by molar-refractivity contribution is -0.120. The van der Waals surface area contributed by atoms with Crippen molar-refractivity contribution in [1.29, 1.82) is 0 Å². The summed E-state index contributed by atoms with van der Waals surface area (Å²) in [6.07, 6.45) is 2.74. The van der Waals surface area contributed by atoms with Crippen molar-refractivity contribution in [1.82, 2.24) is 0 Å². The molecule has 0 aliphatic carbocycles. The van der Waals surface area contributed by atoms with E-state index in [1.165, 1.54) is 0 Å². The number of anilines is 1. The number of hydrogen-bond donors (Lipinski definition) is 0. The van der Waals surface area contributed by atoms with Crippen LogP contribution >= 0.6 is 11.6 Å². The van der Waals surface area contributed by atoms with E-state index in [2.05, 4.69) is 6.92 Å². The second-order valence-electron chi connectivity index (χ2n) is 3.98. The molecule has 1 heterocycles. The van der Waals surface area contributed by atoms with E-state index in [9.17, 15) is 4.79 Å². The maximum absolute atomic E-state index is 11.8. The molecule has 1 amide bonds. The van der Waals surface area contributed by atoms with Crippen molar-refractivity contribution in [2.24, 2.45) is 0 Å². The minimum atomic E-state index is 0.219. The zero-order valence-electron chi connectivity index (χ0n) is 8.74. The van der Waals surface area contributed by atoms with Gasteiger partial charge in [0.25, 0.3) is 0 Å². The second-order valence-corrected chi connectivity index (χ2v) is 4.42. The molecule has 0 bridgehead atoms. The van der Waals surface area contributed by atoms with Gasteiger partial charge in [-0.05, 0) is 44.0 Å². The topological polar surface area (TPSA) is 20.3 Å². The fourth-order valence-corrected chi connectivity index (χ4v) is 2.17. The third-order valence-corrected chi connectivity index (χ3v) is 3.08. The lowest BCUT2D eigenvalue weighted by Gasteiger charge is -2.33. The molecule has 1 aliphatic heterocycles. The van der Waals surface area contributed by atoms with Crippen molar-refractivity contribution in [3.05, 3.63) is 29.3 Å². The molecule has 80 valence electrons. The predicted molar refractivity (Wildman–Crippen MR) is 62.3 cm³/mol. The molecule has 1 fully saturated rings. The first-order chi connectivity index (χ1) is 7.18. The molecule has 0 spiro atoms. The molecule has 2 nitrogen and oxygen atoms in total. The average Bonchev–Trinajstić information content (AvgIpc) is 2.20. The Morgan fingerprint density at radius 3 is 2.60 bits per heavy atom. The maximum atomic E-state index is 11.8. The molecule has 3 heteroatoms. The number of halogens is 1. The Balaban J connectivity index is 2.27. The number of piperidine rings is 1. The smallest absolute Gasteiger partial charge is 0.227 e. The molecule has 1 saturated heterocycles. The Labute approximate surface area is 94.8 Å². The third kappa shape index (κ3) is 2.15. The van der Waals surface area contributed by atoms with Crippen LogP contribution in [0, 0.1) is 0 Å². The van der Waals surface area contributed by atoms with Gasteiger partial charge in [0.1, 0.15) is 0 Å². The molecule has 0 aromatic heterocycles. The van der Waals surface area contributed by atoms with Crippen LogP contribution in [0.2, 0.25) is 5.02 Å². The van der Waals surface area contributed by atoms with Crippen molar-refractivity contribution >= 4 is 23.2 Å². The van der Waals surface area contributed by atoms with Crippen LogP contribution in [-0.2, 0) is 4.79 Å². The number of carbonyl (C=O) groups excluding carboxylic acids is 1. The van der Waals surface area contributed by atoms with Crippen LogP contribution in [0.4, 0.5) is 5.69 Å². The Kier molecular flexibility index (Phi) is 2.96. The number of benzene rings is 1. The third-order valence-electron chi connectivity index (χ3n) is 2.83. The monoisotopic (exact) mass is 223 g/mol. The number of amides is 1. The van der Waals surface area contributed by atoms with E-state index < -0.39 is 0 Å². The van der Waals surface area contributed by atoms with Gasteiger partial charge in [-0.1, -0.05) is 11.6 Å². The lowest BCUT2D eigenvalue weighted by atomic mass is 10.0. The molecule has 2 rings (SSSR count). The molecular weight excluding hydrogens is 210 g/mol. The largest absolute Gasteiger partial charge is 0.310 e. The normalized spacial score (nSPS) is 21.9. The minimum absolute atomic E-state index is 0.219. The molecule has 15 heavy (non-hydrogen) atoms. The van der Waals surface area contributed by atoms with Gasteiger partial charge < -0.3 is 4.90 Å². The van der Waals surface area contributed by atoms with Crippen molar-refractivity contribution in [3.63, 3.8) is 0 Å². The summed E-state index contributed by atoms with van der Waals surface area (Å²) in [5.74, 6) is 0.219. The Bertz CT molecular complexity index is 360. The quantitative estimate of drug-likeness (QED) is 0.716. The first kappa shape index (κ1) is 10.5. The van der Waals surface area contributed by atoms with Crippen molar-refractivity contribution in [2.75, 3.05) is 4.90 Å². The van der Waals surface area contributed by atoms with Gasteiger partial charge in [-0.3, -0.25) is 4.79 Å². The average molecular weight is 224 g/mol. The van der Waals surface area contributed by atoms with Gasteiger partial charge in [0.15, 0.2) is 0 Å². The zero-order chi connectivity index (χ0) is 10.8. The Morgan fingerprint density at radius 2 is 2.00 bits per heavy atom. The molecule has 1 aromatic carbocycles. The highest BCUT2D eigenvalue weighted by molar-refractivity contribution is 6.30. The van der Waals surface area contributed by atoms with E-state index in [1.54, 1.807) is 0 Å². The van der Waals surface area contributed by atoms with E-state index in [-0.39, 0.29) is 5.91 Å². The van der Waals surface area contributed by atoms with E-state index in [0.717, 1.165) is 18.5 Å². The first-order valence-corrected chi connectivity index (χ1v) is 5.64. The SMILES string of the molecule is C[C@@H]1CCCC(=O)N1c1ccc(Cl)cc1. The molecule has 1 atom stereocenters. The number of hydrogen-bond acceptors (Lipinski definition) is 1. The highest BCUT2D eigenvalue weighted by Gasteiger charge is 2.25. The zero-order valence-corrected chi connectivity index (χ0v) is 9.50. The van der Waals surface area contributed by atoms with Crippen LogP contribution in [0.25, 0.3) is 0 Å². The number of rotatable bonds is 1. The van der Waals surface area contributed by atoms with Crippen LogP contribution in [0.5, 0.6) is 0 Å². The molecule has 1 aliphatic rings. The Morgan fingerprint density at radius 1 is 1.33 bits per heavy atom. The predicted octanol–water partition coefficient (Wildman–Crippen LogP) is 3.25. The summed E-state index contributed by atoms with van der Waals surface area (Å²) in [7, 11) is 0. The fraction of sp³-hybridized carbons (Fsp3) is 0.417. The number of carbonyl (C=O) groups is 1. The molecule has 0 saturated carbocycles. The van der Waals surface area contributed by atoms with E-state index in [0.29, 0.717) is 17.5 Å². The Hall–Kier alpha value is -1.02. The standard InChI is InChI=1S/C12H14ClNO/c1-9-3-2-4-12(15)14(9)11-7-5-10(13)6-8-11/h5-9H,2-4H2,1H3/t9-/m1/s1. The maximum Gasteiger partial charge on any atom is 0.227 e. The molecule has 0 radical (unpaired) electrons. The molecule has 0 N–H and O–H groups in total. The number of nitrogens with zero attached hydrogens (tertiary/aromatic N) is 1. The van der Waals surface area contributed by atoms with Gasteiger partial charge in [0, 0.05) is 23.2 Å². The minimum Gasteiger partial charge on any atom is -0.310 e. The van der Waals surface area contributed by atoms with Crippen molar-refractivity contribution < 1.29 is 4.79 Å². The second kappa shape index (κ2) is 4.23. The van der Waals surface area contributed by atoms with Crippen molar-refractivity contribution in [2.45, 2.75) is 32.2 Å².